The maximum Gasteiger partial charge on any atom is 0.109 e. The van der Waals surface area contributed by atoms with E-state index in [0.29, 0.717) is 5.92 Å². The molecule has 5 nitrogen and oxygen atoms in total. The van der Waals surface area contributed by atoms with Gasteiger partial charge in [0, 0.05) is 29.9 Å². The normalized spacial score (nSPS) is 15.6. The van der Waals surface area contributed by atoms with Crippen LogP contribution in [0.3, 0.4) is 0 Å². The van der Waals surface area contributed by atoms with Crippen molar-refractivity contribution in [2.75, 3.05) is 5.32 Å². The van der Waals surface area contributed by atoms with Crippen LogP contribution in [0.4, 0.5) is 5.69 Å². The summed E-state index contributed by atoms with van der Waals surface area (Å²) in [6.45, 7) is 2.88. The predicted molar refractivity (Wildman–Crippen MR) is 98.1 cm³/mol. The van der Waals surface area contributed by atoms with Crippen molar-refractivity contribution in [1.82, 2.24) is 15.2 Å². The van der Waals surface area contributed by atoms with Gasteiger partial charge in [0.1, 0.15) is 5.52 Å². The van der Waals surface area contributed by atoms with Gasteiger partial charge in [-0.2, -0.15) is 5.10 Å². The Labute approximate surface area is 145 Å². The largest absolute Gasteiger partial charge is 0.378 e. The monoisotopic (exact) mass is 339 g/mol. The second-order valence-electron chi connectivity index (χ2n) is 6.50. The van der Waals surface area contributed by atoms with Crippen LogP contribution in [0.5, 0.6) is 0 Å². The lowest BCUT2D eigenvalue weighted by Crippen LogP contribution is -2.24. The third-order valence-electron chi connectivity index (χ3n) is 4.68. The van der Waals surface area contributed by atoms with E-state index in [2.05, 4.69) is 27.4 Å². The number of fused-ring (bicyclic) bond motifs is 1. The number of nitrogens with two attached hydrogens (primary N) is 1. The van der Waals surface area contributed by atoms with Crippen LogP contribution in [0.2, 0.25) is 0 Å². The Morgan fingerprint density at radius 1 is 1.33 bits per heavy atom. The van der Waals surface area contributed by atoms with Gasteiger partial charge in [-0.05, 0) is 55.4 Å². The summed E-state index contributed by atoms with van der Waals surface area (Å²) in [7, 11) is 0. The average molecular weight is 339 g/mol. The fourth-order valence-corrected chi connectivity index (χ4v) is 4.28. The van der Waals surface area contributed by atoms with Crippen LogP contribution in [-0.4, -0.2) is 21.2 Å². The van der Waals surface area contributed by atoms with Crippen molar-refractivity contribution in [3.8, 4) is 0 Å². The lowest BCUT2D eigenvalue weighted by molar-refractivity contribution is 0.595. The van der Waals surface area contributed by atoms with Crippen molar-refractivity contribution in [3.63, 3.8) is 0 Å². The molecule has 1 fully saturated rings. The summed E-state index contributed by atoms with van der Waals surface area (Å²) in [4.78, 5) is 5.40. The van der Waals surface area contributed by atoms with Crippen LogP contribution in [0.25, 0.3) is 10.2 Å². The lowest BCUT2D eigenvalue weighted by Gasteiger charge is -2.08. The van der Waals surface area contributed by atoms with E-state index >= 15 is 0 Å². The van der Waals surface area contributed by atoms with Gasteiger partial charge in [-0.15, -0.1) is 16.4 Å². The number of nitrogens with one attached hydrogen (secondary N) is 1. The zero-order valence-corrected chi connectivity index (χ0v) is 14.5. The highest BCUT2D eigenvalue weighted by Crippen LogP contribution is 2.38. The first-order valence-corrected chi connectivity index (χ1v) is 9.16. The molecular weight excluding hydrogens is 318 g/mol. The molecule has 0 spiro atoms. The van der Waals surface area contributed by atoms with E-state index in [9.17, 15) is 0 Å². The van der Waals surface area contributed by atoms with Crippen LogP contribution < -0.4 is 11.1 Å². The van der Waals surface area contributed by atoms with Gasteiger partial charge in [0.15, 0.2) is 0 Å². The molecule has 3 aromatic rings. The number of aromatic nitrogens is 3. The van der Waals surface area contributed by atoms with E-state index < -0.39 is 0 Å². The van der Waals surface area contributed by atoms with E-state index in [-0.39, 0.29) is 6.04 Å². The summed E-state index contributed by atoms with van der Waals surface area (Å²) in [5.41, 5.74) is 10.8. The first-order chi connectivity index (χ1) is 11.7. The molecule has 124 valence electrons. The Kier molecular flexibility index (Phi) is 4.16. The lowest BCUT2D eigenvalue weighted by atomic mass is 10.1. The SMILES string of the molecule is Cc1c(C[C@@H](N)C2CC2)sc2c(NCc3ccncc3)cnnc12. The van der Waals surface area contributed by atoms with Gasteiger partial charge in [-0.3, -0.25) is 4.98 Å². The molecule has 0 radical (unpaired) electrons. The number of aryl methyl sites for hydroxylation is 1. The standard InChI is InChI=1S/C18H21N5S/c1-11-16(8-14(19)13-2-3-13)24-18-15(10-22-23-17(11)18)21-9-12-4-6-20-7-5-12/h4-7,10,13-14H,2-3,8-9,19H2,1H3,(H,21,23)/t14-/m1/s1. The highest BCUT2D eigenvalue weighted by molar-refractivity contribution is 7.19. The smallest absolute Gasteiger partial charge is 0.109 e. The molecule has 3 heterocycles. The molecule has 0 bridgehead atoms. The molecule has 1 aliphatic rings. The molecule has 4 rings (SSSR count). The Balaban J connectivity index is 1.59. The molecule has 3 N–H and O–H groups in total. The molecule has 1 atom stereocenters. The van der Waals surface area contributed by atoms with Crippen molar-refractivity contribution >= 4 is 27.2 Å². The molecule has 0 aromatic carbocycles. The molecule has 0 amide bonds. The zero-order valence-electron chi connectivity index (χ0n) is 13.7. The minimum absolute atomic E-state index is 0.276. The minimum atomic E-state index is 0.276. The van der Waals surface area contributed by atoms with E-state index in [1.165, 1.54) is 33.5 Å². The number of nitrogens with zero attached hydrogens (tertiary/aromatic N) is 3. The summed E-state index contributed by atoms with van der Waals surface area (Å²) < 4.78 is 1.18. The van der Waals surface area contributed by atoms with Gasteiger partial charge >= 0.3 is 0 Å². The van der Waals surface area contributed by atoms with Gasteiger partial charge in [0.2, 0.25) is 0 Å². The summed E-state index contributed by atoms with van der Waals surface area (Å²) in [6.07, 6.45) is 8.94. The quantitative estimate of drug-likeness (QED) is 0.721. The molecule has 1 aliphatic carbocycles. The summed E-state index contributed by atoms with van der Waals surface area (Å²) in [6, 6.07) is 4.30. The molecule has 3 aromatic heterocycles. The Morgan fingerprint density at radius 3 is 2.88 bits per heavy atom. The Morgan fingerprint density at radius 2 is 2.12 bits per heavy atom. The Bertz CT molecular complexity index is 841. The van der Waals surface area contributed by atoms with Gasteiger partial charge in [0.05, 0.1) is 16.6 Å². The number of rotatable bonds is 6. The van der Waals surface area contributed by atoms with Gasteiger partial charge in [-0.25, -0.2) is 0 Å². The summed E-state index contributed by atoms with van der Waals surface area (Å²) in [5.74, 6) is 0.713. The van der Waals surface area contributed by atoms with Gasteiger partial charge in [-0.1, -0.05) is 0 Å². The second kappa shape index (κ2) is 6.45. The molecule has 0 aliphatic heterocycles. The maximum absolute atomic E-state index is 6.32. The maximum atomic E-state index is 6.32. The molecule has 0 saturated heterocycles. The van der Waals surface area contributed by atoms with Crippen molar-refractivity contribution < 1.29 is 0 Å². The number of thiophene rings is 1. The average Bonchev–Trinajstić information content (AvgIpc) is 3.41. The fourth-order valence-electron chi connectivity index (χ4n) is 2.98. The van der Waals surface area contributed by atoms with Crippen molar-refractivity contribution in [1.29, 1.82) is 0 Å². The van der Waals surface area contributed by atoms with Crippen LogP contribution in [-0.2, 0) is 13.0 Å². The fraction of sp³-hybridized carbons (Fsp3) is 0.389. The van der Waals surface area contributed by atoms with Crippen LogP contribution >= 0.6 is 11.3 Å². The van der Waals surface area contributed by atoms with Crippen molar-refractivity contribution in [2.24, 2.45) is 11.7 Å². The molecule has 6 heteroatoms. The molecular formula is C18H21N5S. The summed E-state index contributed by atoms with van der Waals surface area (Å²) in [5, 5.41) is 12.0. The van der Waals surface area contributed by atoms with Crippen molar-refractivity contribution in [2.45, 2.75) is 38.8 Å². The summed E-state index contributed by atoms with van der Waals surface area (Å²) >= 11 is 1.80. The van der Waals surface area contributed by atoms with Crippen LogP contribution in [0.1, 0.15) is 28.8 Å². The predicted octanol–water partition coefficient (Wildman–Crippen LogP) is 3.29. The van der Waals surface area contributed by atoms with Crippen LogP contribution in [0.15, 0.2) is 30.7 Å². The van der Waals surface area contributed by atoms with E-state index in [1.54, 1.807) is 11.3 Å². The van der Waals surface area contributed by atoms with Crippen molar-refractivity contribution in [3.05, 3.63) is 46.7 Å². The highest BCUT2D eigenvalue weighted by atomic mass is 32.1. The molecule has 0 unspecified atom stereocenters. The van der Waals surface area contributed by atoms with E-state index in [1.807, 2.05) is 30.7 Å². The third kappa shape index (κ3) is 3.12. The van der Waals surface area contributed by atoms with Gasteiger partial charge in [0.25, 0.3) is 0 Å². The molecule has 1 saturated carbocycles. The van der Waals surface area contributed by atoms with E-state index in [4.69, 9.17) is 5.73 Å². The number of hydrogen-bond donors (Lipinski definition) is 2. The van der Waals surface area contributed by atoms with E-state index in [0.717, 1.165) is 24.2 Å². The number of anilines is 1. The number of hydrogen-bond acceptors (Lipinski definition) is 6. The Hall–Kier alpha value is -2.05. The topological polar surface area (TPSA) is 76.7 Å². The first kappa shape index (κ1) is 15.5. The second-order valence-corrected chi connectivity index (χ2v) is 7.61. The highest BCUT2D eigenvalue weighted by Gasteiger charge is 2.29. The number of pyridine rings is 1. The zero-order chi connectivity index (χ0) is 16.5. The van der Waals surface area contributed by atoms with Gasteiger partial charge < -0.3 is 11.1 Å². The first-order valence-electron chi connectivity index (χ1n) is 8.34. The molecule has 24 heavy (non-hydrogen) atoms. The van der Waals surface area contributed by atoms with Crippen LogP contribution in [0, 0.1) is 12.8 Å². The minimum Gasteiger partial charge on any atom is -0.378 e. The third-order valence-corrected chi connectivity index (χ3v) is 6.02.